The van der Waals surface area contributed by atoms with Crippen molar-refractivity contribution >= 4 is 17.5 Å². The molecule has 0 bridgehead atoms. The highest BCUT2D eigenvalue weighted by Crippen LogP contribution is 2.21. The van der Waals surface area contributed by atoms with Crippen molar-refractivity contribution in [3.05, 3.63) is 18.5 Å². The molecule has 0 saturated carbocycles. The largest absolute Gasteiger partial charge is 0.450 e. The van der Waals surface area contributed by atoms with Gasteiger partial charge in [-0.3, -0.25) is 4.98 Å². The van der Waals surface area contributed by atoms with Gasteiger partial charge in [0.15, 0.2) is 0 Å². The number of nitrogens with one attached hydrogen (secondary N) is 1. The number of piperidine rings is 1. The first-order chi connectivity index (χ1) is 9.20. The Labute approximate surface area is 112 Å². The van der Waals surface area contributed by atoms with Crippen LogP contribution in [0.3, 0.4) is 0 Å². The van der Waals surface area contributed by atoms with Crippen molar-refractivity contribution in [1.82, 2.24) is 9.88 Å². The minimum atomic E-state index is -0.218. The fourth-order valence-corrected chi connectivity index (χ4v) is 2.18. The van der Waals surface area contributed by atoms with Gasteiger partial charge in [-0.2, -0.15) is 0 Å². The molecule has 6 heteroatoms. The summed E-state index contributed by atoms with van der Waals surface area (Å²) in [7, 11) is 0. The maximum Gasteiger partial charge on any atom is 0.409 e. The quantitative estimate of drug-likeness (QED) is 0.868. The molecule has 1 saturated heterocycles. The van der Waals surface area contributed by atoms with Gasteiger partial charge in [0.05, 0.1) is 24.2 Å². The van der Waals surface area contributed by atoms with Crippen molar-refractivity contribution in [2.24, 2.45) is 0 Å². The lowest BCUT2D eigenvalue weighted by molar-refractivity contribution is 0.0983. The lowest BCUT2D eigenvalue weighted by atomic mass is 10.1. The first-order valence-corrected chi connectivity index (χ1v) is 6.58. The van der Waals surface area contributed by atoms with Gasteiger partial charge in [-0.1, -0.05) is 0 Å². The van der Waals surface area contributed by atoms with Gasteiger partial charge in [0.1, 0.15) is 0 Å². The van der Waals surface area contributed by atoms with Crippen molar-refractivity contribution in [3.63, 3.8) is 0 Å². The lowest BCUT2D eigenvalue weighted by Gasteiger charge is -2.32. The summed E-state index contributed by atoms with van der Waals surface area (Å²) in [6.07, 6.45) is 4.91. The number of anilines is 2. The minimum Gasteiger partial charge on any atom is -0.450 e. The number of aromatic nitrogens is 1. The van der Waals surface area contributed by atoms with E-state index in [2.05, 4.69) is 10.3 Å². The molecule has 1 fully saturated rings. The van der Waals surface area contributed by atoms with Crippen LogP contribution in [0.5, 0.6) is 0 Å². The number of ether oxygens (including phenoxy) is 1. The zero-order valence-corrected chi connectivity index (χ0v) is 11.1. The number of carbonyl (C=O) groups is 1. The highest BCUT2D eigenvalue weighted by molar-refractivity contribution is 5.68. The molecule has 0 aromatic carbocycles. The van der Waals surface area contributed by atoms with Gasteiger partial charge in [-0.25, -0.2) is 4.79 Å². The van der Waals surface area contributed by atoms with Gasteiger partial charge in [0.2, 0.25) is 0 Å². The number of carbonyl (C=O) groups excluding carboxylic acids is 1. The molecule has 6 nitrogen and oxygen atoms in total. The number of hydrogen-bond acceptors (Lipinski definition) is 5. The molecule has 2 heterocycles. The number of hydrogen-bond donors (Lipinski definition) is 2. The Morgan fingerprint density at radius 3 is 2.95 bits per heavy atom. The van der Waals surface area contributed by atoms with E-state index < -0.39 is 0 Å². The van der Waals surface area contributed by atoms with Gasteiger partial charge in [0.25, 0.3) is 0 Å². The van der Waals surface area contributed by atoms with Gasteiger partial charge in [-0.15, -0.1) is 0 Å². The number of pyridine rings is 1. The molecule has 0 aliphatic carbocycles. The van der Waals surface area contributed by atoms with E-state index >= 15 is 0 Å². The van der Waals surface area contributed by atoms with E-state index in [0.29, 0.717) is 31.4 Å². The Hall–Kier alpha value is -1.98. The Kier molecular flexibility index (Phi) is 4.43. The van der Waals surface area contributed by atoms with Gasteiger partial charge in [-0.05, 0) is 25.8 Å². The standard InChI is InChI=1S/C13H20N4O2/c1-2-19-13(18)17-7-4-10(5-8-17)16-12-3-6-15-9-11(12)14/h3,6,9-10H,2,4-5,7-8,14H2,1H3,(H,15,16). The molecule has 0 atom stereocenters. The second-order valence-electron chi connectivity index (χ2n) is 4.57. The van der Waals surface area contributed by atoms with Gasteiger partial charge < -0.3 is 20.7 Å². The van der Waals surface area contributed by atoms with Crippen LogP contribution < -0.4 is 11.1 Å². The molecule has 1 aliphatic rings. The summed E-state index contributed by atoms with van der Waals surface area (Å²) in [5.41, 5.74) is 7.40. The van der Waals surface area contributed by atoms with E-state index in [-0.39, 0.29) is 6.09 Å². The fraction of sp³-hybridized carbons (Fsp3) is 0.538. The van der Waals surface area contributed by atoms with Crippen molar-refractivity contribution in [2.75, 3.05) is 30.7 Å². The molecule has 104 valence electrons. The highest BCUT2D eigenvalue weighted by atomic mass is 16.6. The van der Waals surface area contributed by atoms with Crippen LogP contribution in [0.25, 0.3) is 0 Å². The third-order valence-electron chi connectivity index (χ3n) is 3.23. The van der Waals surface area contributed by atoms with E-state index in [1.54, 1.807) is 17.3 Å². The van der Waals surface area contributed by atoms with Crippen molar-refractivity contribution in [1.29, 1.82) is 0 Å². The minimum absolute atomic E-state index is 0.218. The summed E-state index contributed by atoms with van der Waals surface area (Å²) in [4.78, 5) is 17.3. The topological polar surface area (TPSA) is 80.5 Å². The molecule has 1 aliphatic heterocycles. The number of nitrogen functional groups attached to an aromatic ring is 1. The monoisotopic (exact) mass is 264 g/mol. The fourth-order valence-electron chi connectivity index (χ4n) is 2.18. The predicted octanol–water partition coefficient (Wildman–Crippen LogP) is 1.70. The summed E-state index contributed by atoms with van der Waals surface area (Å²) in [6.45, 7) is 3.66. The SMILES string of the molecule is CCOC(=O)N1CCC(Nc2ccncc2N)CC1. The summed E-state index contributed by atoms with van der Waals surface area (Å²) in [5.74, 6) is 0. The van der Waals surface area contributed by atoms with E-state index in [1.807, 2.05) is 13.0 Å². The first-order valence-electron chi connectivity index (χ1n) is 6.58. The average Bonchev–Trinajstić information content (AvgIpc) is 2.42. The highest BCUT2D eigenvalue weighted by Gasteiger charge is 2.23. The average molecular weight is 264 g/mol. The molecule has 3 N–H and O–H groups in total. The molecular weight excluding hydrogens is 244 g/mol. The second-order valence-corrected chi connectivity index (χ2v) is 4.57. The number of nitrogens with zero attached hydrogens (tertiary/aromatic N) is 2. The van der Waals surface area contributed by atoms with E-state index in [9.17, 15) is 4.79 Å². The third-order valence-corrected chi connectivity index (χ3v) is 3.23. The Morgan fingerprint density at radius 1 is 1.58 bits per heavy atom. The lowest BCUT2D eigenvalue weighted by Crippen LogP contribution is -2.42. The molecular formula is C13H20N4O2. The Morgan fingerprint density at radius 2 is 2.32 bits per heavy atom. The van der Waals surface area contributed by atoms with E-state index in [1.165, 1.54) is 0 Å². The van der Waals surface area contributed by atoms with Gasteiger partial charge in [0, 0.05) is 25.3 Å². The normalized spacial score (nSPS) is 16.2. The zero-order valence-electron chi connectivity index (χ0n) is 11.1. The number of rotatable bonds is 3. The second kappa shape index (κ2) is 6.26. The Bertz CT molecular complexity index is 430. The summed E-state index contributed by atoms with van der Waals surface area (Å²) in [5, 5.41) is 3.40. The number of amides is 1. The van der Waals surface area contributed by atoms with Crippen LogP contribution in [0.2, 0.25) is 0 Å². The van der Waals surface area contributed by atoms with Crippen LogP contribution >= 0.6 is 0 Å². The Balaban J connectivity index is 1.84. The summed E-state index contributed by atoms with van der Waals surface area (Å²) in [6, 6.07) is 2.20. The molecule has 0 radical (unpaired) electrons. The van der Waals surface area contributed by atoms with Crippen molar-refractivity contribution < 1.29 is 9.53 Å². The maximum absolute atomic E-state index is 11.6. The van der Waals surface area contributed by atoms with Crippen LogP contribution in [-0.4, -0.2) is 41.7 Å². The summed E-state index contributed by atoms with van der Waals surface area (Å²) >= 11 is 0. The van der Waals surface area contributed by atoms with Gasteiger partial charge >= 0.3 is 6.09 Å². The van der Waals surface area contributed by atoms with Crippen molar-refractivity contribution in [2.45, 2.75) is 25.8 Å². The first kappa shape index (κ1) is 13.5. The maximum atomic E-state index is 11.6. The predicted molar refractivity (Wildman–Crippen MR) is 73.9 cm³/mol. The summed E-state index contributed by atoms with van der Waals surface area (Å²) < 4.78 is 4.99. The smallest absolute Gasteiger partial charge is 0.409 e. The van der Waals surface area contributed by atoms with Crippen LogP contribution in [0, 0.1) is 0 Å². The zero-order chi connectivity index (χ0) is 13.7. The van der Waals surface area contributed by atoms with E-state index in [0.717, 1.165) is 18.5 Å². The third kappa shape index (κ3) is 3.49. The molecule has 0 unspecified atom stereocenters. The van der Waals surface area contributed by atoms with E-state index in [4.69, 9.17) is 10.5 Å². The van der Waals surface area contributed by atoms with Crippen LogP contribution in [-0.2, 0) is 4.74 Å². The molecule has 1 aromatic rings. The van der Waals surface area contributed by atoms with Crippen LogP contribution in [0.1, 0.15) is 19.8 Å². The van der Waals surface area contributed by atoms with Crippen molar-refractivity contribution in [3.8, 4) is 0 Å². The number of nitrogens with two attached hydrogens (primary N) is 1. The van der Waals surface area contributed by atoms with Crippen LogP contribution in [0.4, 0.5) is 16.2 Å². The molecule has 0 spiro atoms. The number of likely N-dealkylation sites (tertiary alicyclic amines) is 1. The molecule has 2 rings (SSSR count). The van der Waals surface area contributed by atoms with Crippen LogP contribution in [0.15, 0.2) is 18.5 Å². The molecule has 1 aromatic heterocycles. The molecule has 1 amide bonds. The molecule has 19 heavy (non-hydrogen) atoms.